The molecule has 0 aromatic carbocycles. The van der Waals surface area contributed by atoms with Crippen molar-refractivity contribution in [1.82, 2.24) is 15.8 Å². The van der Waals surface area contributed by atoms with Crippen molar-refractivity contribution in [3.8, 4) is 0 Å². The summed E-state index contributed by atoms with van der Waals surface area (Å²) in [6, 6.07) is 2.28. The summed E-state index contributed by atoms with van der Waals surface area (Å²) in [5.41, 5.74) is 0.826. The van der Waals surface area contributed by atoms with Gasteiger partial charge in [-0.1, -0.05) is 5.16 Å². The Morgan fingerprint density at radius 3 is 3.07 bits per heavy atom. The van der Waals surface area contributed by atoms with Crippen molar-refractivity contribution in [1.29, 1.82) is 0 Å². The molecule has 1 aliphatic carbocycles. The van der Waals surface area contributed by atoms with Crippen LogP contribution in [0.3, 0.4) is 0 Å². The number of rotatable bonds is 5. The molecule has 82 valence electrons. The van der Waals surface area contributed by atoms with Crippen LogP contribution in [0.4, 0.5) is 0 Å². The van der Waals surface area contributed by atoms with E-state index in [0.717, 1.165) is 24.3 Å². The summed E-state index contributed by atoms with van der Waals surface area (Å²) < 4.78 is 4.91. The van der Waals surface area contributed by atoms with Crippen LogP contribution in [0.2, 0.25) is 0 Å². The fraction of sp³-hybridized carbons (Fsp3) is 0.600. The highest BCUT2D eigenvalue weighted by Gasteiger charge is 2.22. The molecule has 0 radical (unpaired) electrons. The lowest BCUT2D eigenvalue weighted by Gasteiger charge is -2.03. The summed E-state index contributed by atoms with van der Waals surface area (Å²) in [6.07, 6.45) is 2.24. The topological polar surface area (TPSA) is 67.2 Å². The van der Waals surface area contributed by atoms with Crippen LogP contribution in [0.25, 0.3) is 0 Å². The first kappa shape index (κ1) is 10.2. The number of amides is 1. The van der Waals surface area contributed by atoms with E-state index in [1.165, 1.54) is 0 Å². The van der Waals surface area contributed by atoms with E-state index in [-0.39, 0.29) is 5.91 Å². The number of carbonyl (C=O) groups is 1. The predicted molar refractivity (Wildman–Crippen MR) is 54.1 cm³/mol. The van der Waals surface area contributed by atoms with E-state index in [9.17, 15) is 4.79 Å². The van der Waals surface area contributed by atoms with E-state index in [1.54, 1.807) is 0 Å². The van der Waals surface area contributed by atoms with Crippen LogP contribution in [0.1, 0.15) is 24.3 Å². The number of carbonyl (C=O) groups excluding carboxylic acids is 1. The quantitative estimate of drug-likeness (QED) is 0.734. The van der Waals surface area contributed by atoms with Crippen molar-refractivity contribution < 1.29 is 9.32 Å². The van der Waals surface area contributed by atoms with Crippen LogP contribution in [-0.2, 0) is 11.3 Å². The third kappa shape index (κ3) is 3.36. The Morgan fingerprint density at radius 1 is 1.67 bits per heavy atom. The van der Waals surface area contributed by atoms with Gasteiger partial charge >= 0.3 is 0 Å². The summed E-state index contributed by atoms with van der Waals surface area (Å²) >= 11 is 0. The molecule has 0 saturated heterocycles. The number of nitrogens with zero attached hydrogens (tertiary/aromatic N) is 1. The van der Waals surface area contributed by atoms with Crippen molar-refractivity contribution in [2.45, 2.75) is 32.4 Å². The van der Waals surface area contributed by atoms with Crippen LogP contribution in [0.15, 0.2) is 10.6 Å². The maximum atomic E-state index is 11.3. The molecule has 0 aliphatic heterocycles. The lowest BCUT2D eigenvalue weighted by atomic mass is 10.4. The molecule has 5 nitrogen and oxygen atoms in total. The number of aryl methyl sites for hydroxylation is 1. The monoisotopic (exact) mass is 209 g/mol. The molecule has 0 atom stereocenters. The van der Waals surface area contributed by atoms with Gasteiger partial charge in [-0.15, -0.1) is 0 Å². The first-order valence-electron chi connectivity index (χ1n) is 5.16. The second-order valence-corrected chi connectivity index (χ2v) is 3.87. The van der Waals surface area contributed by atoms with Crippen LogP contribution < -0.4 is 10.6 Å². The fourth-order valence-corrected chi connectivity index (χ4v) is 1.31. The first-order chi connectivity index (χ1) is 7.24. The molecule has 1 aromatic heterocycles. The average Bonchev–Trinajstić information content (AvgIpc) is 2.89. The van der Waals surface area contributed by atoms with Gasteiger partial charge in [0.15, 0.2) is 0 Å². The predicted octanol–water partition coefficient (Wildman–Crippen LogP) is 0.351. The Kier molecular flexibility index (Phi) is 3.01. The molecule has 0 spiro atoms. The van der Waals surface area contributed by atoms with E-state index in [1.807, 2.05) is 13.0 Å². The number of hydrogen-bond acceptors (Lipinski definition) is 4. The van der Waals surface area contributed by atoms with Crippen LogP contribution in [0, 0.1) is 6.92 Å². The molecule has 0 unspecified atom stereocenters. The largest absolute Gasteiger partial charge is 0.361 e. The molecular formula is C10H15N3O2. The Morgan fingerprint density at radius 2 is 2.47 bits per heavy atom. The fourth-order valence-electron chi connectivity index (χ4n) is 1.31. The number of hydrogen-bond donors (Lipinski definition) is 2. The van der Waals surface area contributed by atoms with Crippen LogP contribution in [-0.4, -0.2) is 23.7 Å². The Hall–Kier alpha value is -1.36. The minimum absolute atomic E-state index is 0.0534. The highest BCUT2D eigenvalue weighted by molar-refractivity contribution is 5.78. The van der Waals surface area contributed by atoms with Crippen molar-refractivity contribution in [3.05, 3.63) is 17.5 Å². The van der Waals surface area contributed by atoms with E-state index in [4.69, 9.17) is 4.52 Å². The third-order valence-corrected chi connectivity index (χ3v) is 2.21. The summed E-state index contributed by atoms with van der Waals surface area (Å²) in [4.78, 5) is 11.3. The average molecular weight is 209 g/mol. The standard InChI is InChI=1S/C10H15N3O2/c1-7-4-9(13-15-7)5-11-6-10(14)12-8-2-3-8/h4,8,11H,2-3,5-6H2,1H3,(H,12,14). The molecule has 1 amide bonds. The smallest absolute Gasteiger partial charge is 0.234 e. The lowest BCUT2D eigenvalue weighted by molar-refractivity contribution is -0.120. The van der Waals surface area contributed by atoms with Gasteiger partial charge in [0.05, 0.1) is 12.2 Å². The minimum atomic E-state index is 0.0534. The molecule has 1 fully saturated rings. The highest BCUT2D eigenvalue weighted by Crippen LogP contribution is 2.18. The minimum Gasteiger partial charge on any atom is -0.361 e. The first-order valence-corrected chi connectivity index (χ1v) is 5.16. The Balaban J connectivity index is 1.63. The van der Waals surface area contributed by atoms with Gasteiger partial charge in [-0.3, -0.25) is 4.79 Å². The second-order valence-electron chi connectivity index (χ2n) is 3.87. The van der Waals surface area contributed by atoms with Gasteiger partial charge in [0.2, 0.25) is 5.91 Å². The van der Waals surface area contributed by atoms with E-state index >= 15 is 0 Å². The molecule has 1 saturated carbocycles. The zero-order chi connectivity index (χ0) is 10.7. The molecule has 15 heavy (non-hydrogen) atoms. The van der Waals surface area contributed by atoms with Crippen LogP contribution in [0.5, 0.6) is 0 Å². The van der Waals surface area contributed by atoms with Crippen molar-refractivity contribution >= 4 is 5.91 Å². The van der Waals surface area contributed by atoms with Gasteiger partial charge in [0, 0.05) is 18.7 Å². The molecule has 5 heteroatoms. The molecule has 1 aromatic rings. The van der Waals surface area contributed by atoms with E-state index < -0.39 is 0 Å². The second kappa shape index (κ2) is 4.44. The van der Waals surface area contributed by atoms with Gasteiger partial charge in [0.1, 0.15) is 5.76 Å². The molecule has 2 rings (SSSR count). The van der Waals surface area contributed by atoms with Crippen molar-refractivity contribution in [2.24, 2.45) is 0 Å². The Labute approximate surface area is 88.2 Å². The van der Waals surface area contributed by atoms with Gasteiger partial charge in [0.25, 0.3) is 0 Å². The van der Waals surface area contributed by atoms with Crippen molar-refractivity contribution in [3.63, 3.8) is 0 Å². The highest BCUT2D eigenvalue weighted by atomic mass is 16.5. The zero-order valence-corrected chi connectivity index (χ0v) is 8.75. The maximum absolute atomic E-state index is 11.3. The zero-order valence-electron chi connectivity index (χ0n) is 8.75. The summed E-state index contributed by atoms with van der Waals surface area (Å²) in [5.74, 6) is 0.840. The summed E-state index contributed by atoms with van der Waals surface area (Å²) in [6.45, 7) is 2.74. The molecule has 1 aliphatic rings. The van der Waals surface area contributed by atoms with Gasteiger partial charge in [-0.05, 0) is 19.8 Å². The Bertz CT molecular complexity index is 344. The van der Waals surface area contributed by atoms with Crippen LogP contribution >= 0.6 is 0 Å². The normalized spacial score (nSPS) is 15.3. The van der Waals surface area contributed by atoms with Gasteiger partial charge in [-0.2, -0.15) is 0 Å². The summed E-state index contributed by atoms with van der Waals surface area (Å²) in [7, 11) is 0. The van der Waals surface area contributed by atoms with Gasteiger partial charge in [-0.25, -0.2) is 0 Å². The van der Waals surface area contributed by atoms with E-state index in [2.05, 4.69) is 15.8 Å². The lowest BCUT2D eigenvalue weighted by Crippen LogP contribution is -2.34. The van der Waals surface area contributed by atoms with Crippen molar-refractivity contribution in [2.75, 3.05) is 6.54 Å². The number of nitrogens with one attached hydrogen (secondary N) is 2. The summed E-state index contributed by atoms with van der Waals surface area (Å²) in [5, 5.41) is 9.73. The maximum Gasteiger partial charge on any atom is 0.234 e. The number of aromatic nitrogens is 1. The van der Waals surface area contributed by atoms with Gasteiger partial charge < -0.3 is 15.2 Å². The third-order valence-electron chi connectivity index (χ3n) is 2.21. The molecule has 1 heterocycles. The van der Waals surface area contributed by atoms with E-state index in [0.29, 0.717) is 19.1 Å². The SMILES string of the molecule is Cc1cc(CNCC(=O)NC2CC2)no1. The molecular weight excluding hydrogens is 194 g/mol. The molecule has 0 bridgehead atoms. The molecule has 2 N–H and O–H groups in total.